The zero-order valence-corrected chi connectivity index (χ0v) is 15.7. The molecule has 8 heteroatoms. The Morgan fingerprint density at radius 3 is 2.56 bits per heavy atom. The number of carbonyl (C=O) groups excluding carboxylic acids is 1. The van der Waals surface area contributed by atoms with Gasteiger partial charge in [0.05, 0.1) is 34.0 Å². The largest absolute Gasteiger partial charge is 0.497 e. The number of piperidine rings is 1. The molecule has 7 nitrogen and oxygen atoms in total. The number of amides is 1. The van der Waals surface area contributed by atoms with Gasteiger partial charge in [0.15, 0.2) is 0 Å². The minimum absolute atomic E-state index is 0.123. The maximum Gasteiger partial charge on any atom is 0.270 e. The van der Waals surface area contributed by atoms with Crippen molar-refractivity contribution >= 4 is 34.6 Å². The zero-order chi connectivity index (χ0) is 19.4. The van der Waals surface area contributed by atoms with Crippen molar-refractivity contribution in [1.82, 2.24) is 0 Å². The summed E-state index contributed by atoms with van der Waals surface area (Å²) >= 11 is 6.20. The molecule has 0 spiro atoms. The number of nitrogens with one attached hydrogen (secondary N) is 1. The molecule has 0 radical (unpaired) electrons. The van der Waals surface area contributed by atoms with Gasteiger partial charge in [-0.15, -0.1) is 0 Å². The molecule has 1 amide bonds. The van der Waals surface area contributed by atoms with Gasteiger partial charge >= 0.3 is 0 Å². The van der Waals surface area contributed by atoms with Gasteiger partial charge in [0.1, 0.15) is 5.75 Å². The number of hydrogen-bond acceptors (Lipinski definition) is 5. The fourth-order valence-electron chi connectivity index (χ4n) is 3.14. The number of rotatable bonds is 5. The van der Waals surface area contributed by atoms with Crippen molar-refractivity contribution in [2.45, 2.75) is 19.3 Å². The highest BCUT2D eigenvalue weighted by Gasteiger charge is 2.22. The van der Waals surface area contributed by atoms with Crippen LogP contribution >= 0.6 is 11.6 Å². The number of benzene rings is 2. The van der Waals surface area contributed by atoms with Crippen molar-refractivity contribution in [3.8, 4) is 5.75 Å². The minimum Gasteiger partial charge on any atom is -0.497 e. The number of carbonyl (C=O) groups is 1. The summed E-state index contributed by atoms with van der Waals surface area (Å²) in [6.45, 7) is 1.64. The van der Waals surface area contributed by atoms with Crippen molar-refractivity contribution in [1.29, 1.82) is 0 Å². The smallest absolute Gasteiger partial charge is 0.270 e. The molecule has 1 aliphatic rings. The van der Waals surface area contributed by atoms with Crippen LogP contribution in [0, 0.1) is 10.1 Å². The third-order valence-corrected chi connectivity index (χ3v) is 4.87. The van der Waals surface area contributed by atoms with E-state index in [9.17, 15) is 14.9 Å². The van der Waals surface area contributed by atoms with Crippen LogP contribution in [0.3, 0.4) is 0 Å². The average molecular weight is 390 g/mol. The van der Waals surface area contributed by atoms with Crippen LogP contribution in [-0.4, -0.2) is 31.0 Å². The Hall–Kier alpha value is -2.80. The third kappa shape index (κ3) is 4.31. The van der Waals surface area contributed by atoms with Gasteiger partial charge in [-0.2, -0.15) is 0 Å². The highest BCUT2D eigenvalue weighted by atomic mass is 35.5. The number of hydrogen-bond donors (Lipinski definition) is 1. The van der Waals surface area contributed by atoms with Crippen molar-refractivity contribution in [2.24, 2.45) is 0 Å². The highest BCUT2D eigenvalue weighted by molar-refractivity contribution is 6.34. The summed E-state index contributed by atoms with van der Waals surface area (Å²) in [6, 6.07) is 9.30. The molecule has 0 unspecified atom stereocenters. The molecule has 0 aliphatic carbocycles. The van der Waals surface area contributed by atoms with E-state index in [0.29, 0.717) is 22.1 Å². The lowest BCUT2D eigenvalue weighted by atomic mass is 10.1. The number of nitro groups is 1. The molecule has 1 heterocycles. The highest BCUT2D eigenvalue weighted by Crippen LogP contribution is 2.31. The Balaban J connectivity index is 1.93. The molecule has 0 atom stereocenters. The van der Waals surface area contributed by atoms with E-state index >= 15 is 0 Å². The fourth-order valence-corrected chi connectivity index (χ4v) is 3.36. The van der Waals surface area contributed by atoms with Crippen molar-refractivity contribution in [3.05, 3.63) is 57.1 Å². The summed E-state index contributed by atoms with van der Waals surface area (Å²) < 4.78 is 5.10. The molecule has 1 N–H and O–H groups in total. The predicted molar refractivity (Wildman–Crippen MR) is 105 cm³/mol. The van der Waals surface area contributed by atoms with Gasteiger partial charge in [-0.1, -0.05) is 11.6 Å². The number of nitro benzene ring substituents is 1. The van der Waals surface area contributed by atoms with E-state index in [1.54, 1.807) is 24.3 Å². The molecular formula is C19H20ClN3O4. The second-order valence-electron chi connectivity index (χ2n) is 6.31. The zero-order valence-electron chi connectivity index (χ0n) is 14.9. The summed E-state index contributed by atoms with van der Waals surface area (Å²) in [5, 5.41) is 14.2. The van der Waals surface area contributed by atoms with E-state index in [4.69, 9.17) is 16.3 Å². The summed E-state index contributed by atoms with van der Waals surface area (Å²) in [6.07, 6.45) is 3.21. The first kappa shape index (κ1) is 19.0. The Morgan fingerprint density at radius 1 is 1.19 bits per heavy atom. The average Bonchev–Trinajstić information content (AvgIpc) is 2.69. The second-order valence-corrected chi connectivity index (χ2v) is 6.71. The molecule has 1 saturated heterocycles. The first-order chi connectivity index (χ1) is 13.0. The maximum atomic E-state index is 12.9. The Morgan fingerprint density at radius 2 is 1.93 bits per heavy atom. The first-order valence-corrected chi connectivity index (χ1v) is 9.05. The van der Waals surface area contributed by atoms with E-state index in [0.717, 1.165) is 32.4 Å². The van der Waals surface area contributed by atoms with Gasteiger partial charge in [0.25, 0.3) is 11.6 Å². The molecule has 27 heavy (non-hydrogen) atoms. The minimum atomic E-state index is -0.503. The van der Waals surface area contributed by atoms with E-state index in [-0.39, 0.29) is 11.3 Å². The molecule has 142 valence electrons. The van der Waals surface area contributed by atoms with Gasteiger partial charge in [0, 0.05) is 31.3 Å². The number of non-ortho nitro benzene ring substituents is 1. The molecule has 1 aliphatic heterocycles. The predicted octanol–water partition coefficient (Wildman–Crippen LogP) is 4.50. The number of methoxy groups -OCH3 is 1. The lowest BCUT2D eigenvalue weighted by Crippen LogP contribution is -2.31. The van der Waals surface area contributed by atoms with Crippen molar-refractivity contribution in [3.63, 3.8) is 0 Å². The summed E-state index contributed by atoms with van der Waals surface area (Å²) in [7, 11) is 1.53. The Labute approximate surface area is 162 Å². The van der Waals surface area contributed by atoms with Crippen molar-refractivity contribution in [2.75, 3.05) is 30.4 Å². The van der Waals surface area contributed by atoms with Gasteiger partial charge in [-0.3, -0.25) is 14.9 Å². The van der Waals surface area contributed by atoms with Crippen LogP contribution in [0.25, 0.3) is 0 Å². The van der Waals surface area contributed by atoms with E-state index in [1.807, 2.05) is 0 Å². The van der Waals surface area contributed by atoms with Gasteiger partial charge in [-0.25, -0.2) is 0 Å². The molecule has 2 aromatic rings. The number of anilines is 2. The van der Waals surface area contributed by atoms with E-state index in [2.05, 4.69) is 10.2 Å². The molecule has 0 bridgehead atoms. The maximum absolute atomic E-state index is 12.9. The molecule has 2 aromatic carbocycles. The fraction of sp³-hybridized carbons (Fsp3) is 0.316. The van der Waals surface area contributed by atoms with Crippen molar-refractivity contribution < 1.29 is 14.5 Å². The first-order valence-electron chi connectivity index (χ1n) is 8.68. The third-order valence-electron chi connectivity index (χ3n) is 4.56. The second kappa shape index (κ2) is 8.26. The molecule has 0 saturated carbocycles. The number of nitrogens with zero attached hydrogens (tertiary/aromatic N) is 2. The van der Waals surface area contributed by atoms with Gasteiger partial charge < -0.3 is 15.0 Å². The van der Waals surface area contributed by atoms with Crippen LogP contribution in [0.4, 0.5) is 17.1 Å². The van der Waals surface area contributed by atoms with Crippen LogP contribution in [0.5, 0.6) is 5.75 Å². The molecule has 0 aromatic heterocycles. The Bertz CT molecular complexity index is 866. The topological polar surface area (TPSA) is 84.7 Å². The van der Waals surface area contributed by atoms with E-state index < -0.39 is 10.8 Å². The lowest BCUT2D eigenvalue weighted by Gasteiger charge is -2.30. The lowest BCUT2D eigenvalue weighted by molar-refractivity contribution is -0.384. The van der Waals surface area contributed by atoms with Crippen LogP contribution < -0.4 is 15.0 Å². The number of halogens is 1. The normalized spacial score (nSPS) is 13.9. The molecule has 1 fully saturated rings. The van der Waals surface area contributed by atoms with Crippen LogP contribution in [0.2, 0.25) is 5.02 Å². The standard InChI is InChI=1S/C19H20ClN3O4/c1-27-14-6-7-17(16(20)12-14)21-19(24)15-11-13(23(25)26)5-8-18(15)22-9-3-2-4-10-22/h5-8,11-12H,2-4,9-10H2,1H3,(H,21,24). The number of ether oxygens (including phenoxy) is 1. The quantitative estimate of drug-likeness (QED) is 0.601. The summed E-state index contributed by atoms with van der Waals surface area (Å²) in [4.78, 5) is 25.7. The summed E-state index contributed by atoms with van der Waals surface area (Å²) in [5.74, 6) is 0.133. The van der Waals surface area contributed by atoms with Gasteiger partial charge in [-0.05, 0) is 37.5 Å². The SMILES string of the molecule is COc1ccc(NC(=O)c2cc([N+](=O)[O-])ccc2N2CCCCC2)c(Cl)c1. The van der Waals surface area contributed by atoms with Crippen LogP contribution in [0.1, 0.15) is 29.6 Å². The molecule has 3 rings (SSSR count). The van der Waals surface area contributed by atoms with Gasteiger partial charge in [0.2, 0.25) is 0 Å². The monoisotopic (exact) mass is 389 g/mol. The molecular weight excluding hydrogens is 370 g/mol. The summed E-state index contributed by atoms with van der Waals surface area (Å²) in [5.41, 5.74) is 1.25. The Kier molecular flexibility index (Phi) is 5.81. The van der Waals surface area contributed by atoms with Crippen LogP contribution in [0.15, 0.2) is 36.4 Å². The van der Waals surface area contributed by atoms with Crippen LogP contribution in [-0.2, 0) is 0 Å². The van der Waals surface area contributed by atoms with E-state index in [1.165, 1.54) is 19.2 Å².